The Balaban J connectivity index is 1.54. The van der Waals surface area contributed by atoms with Gasteiger partial charge in [0.2, 0.25) is 10.0 Å². The van der Waals surface area contributed by atoms with Crippen LogP contribution in [0.25, 0.3) is 0 Å². The first-order chi connectivity index (χ1) is 15.3. The Morgan fingerprint density at radius 2 is 1.34 bits per heavy atom. The number of urea groups is 1. The Morgan fingerprint density at radius 3 is 1.84 bits per heavy atom. The van der Waals surface area contributed by atoms with Crippen molar-refractivity contribution in [3.8, 4) is 0 Å². The third-order valence-electron chi connectivity index (χ3n) is 5.18. The number of benzene rings is 3. The van der Waals surface area contributed by atoms with E-state index in [2.05, 4.69) is 39.6 Å². The smallest absolute Gasteiger partial charge is 0.315 e. The number of sulfonamides is 1. The van der Waals surface area contributed by atoms with Gasteiger partial charge in [0.15, 0.2) is 0 Å². The number of rotatable bonds is 9. The normalized spacial score (nSPS) is 12.2. The van der Waals surface area contributed by atoms with Crippen LogP contribution in [0.5, 0.6) is 0 Å². The fourth-order valence-electron chi connectivity index (χ4n) is 3.61. The number of amides is 2. The van der Waals surface area contributed by atoms with Crippen molar-refractivity contribution in [3.63, 3.8) is 0 Å². The molecule has 0 heterocycles. The van der Waals surface area contributed by atoms with E-state index in [-0.39, 0.29) is 18.0 Å². The van der Waals surface area contributed by atoms with E-state index in [0.29, 0.717) is 12.2 Å². The molecule has 0 bridgehead atoms. The molecule has 0 spiro atoms. The van der Waals surface area contributed by atoms with Gasteiger partial charge < -0.3 is 10.6 Å². The zero-order chi connectivity index (χ0) is 23.0. The van der Waals surface area contributed by atoms with Crippen molar-refractivity contribution in [3.05, 3.63) is 102 Å². The van der Waals surface area contributed by atoms with E-state index in [1.165, 1.54) is 11.1 Å². The summed E-state index contributed by atoms with van der Waals surface area (Å²) >= 11 is 0. The van der Waals surface area contributed by atoms with Gasteiger partial charge in [-0.15, -0.1) is 0 Å². The molecule has 32 heavy (non-hydrogen) atoms. The van der Waals surface area contributed by atoms with Gasteiger partial charge in [-0.1, -0.05) is 72.8 Å². The third-order valence-corrected chi connectivity index (χ3v) is 5.79. The minimum atomic E-state index is -3.32. The molecule has 0 radical (unpaired) electrons. The summed E-state index contributed by atoms with van der Waals surface area (Å²) in [5.74, 6) is 0.199. The van der Waals surface area contributed by atoms with Gasteiger partial charge in [-0.25, -0.2) is 13.2 Å². The van der Waals surface area contributed by atoms with Crippen LogP contribution in [0.3, 0.4) is 0 Å². The van der Waals surface area contributed by atoms with Crippen LogP contribution in [0.15, 0.2) is 84.9 Å². The number of anilines is 1. The summed E-state index contributed by atoms with van der Waals surface area (Å²) in [6.07, 6.45) is 1.89. The van der Waals surface area contributed by atoms with Crippen molar-refractivity contribution in [2.45, 2.75) is 25.3 Å². The van der Waals surface area contributed by atoms with Crippen molar-refractivity contribution in [1.29, 1.82) is 0 Å². The molecule has 3 aromatic rings. The van der Waals surface area contributed by atoms with Crippen LogP contribution >= 0.6 is 0 Å². The molecular weight excluding hydrogens is 422 g/mol. The standard InChI is InChI=1S/C25H29N3O3S/c1-19(20-13-15-23(16-14-20)28-32(2,30)31)27-25(29)26-18-17-24(21-9-5-3-6-10-21)22-11-7-4-8-12-22/h3-16,19,24,28H,17-18H2,1-2H3,(H2,26,27,29)/t19-/m1/s1. The van der Waals surface area contributed by atoms with Crippen molar-refractivity contribution in [2.24, 2.45) is 0 Å². The van der Waals surface area contributed by atoms with Gasteiger partial charge >= 0.3 is 6.03 Å². The molecule has 0 aliphatic carbocycles. The van der Waals surface area contributed by atoms with E-state index >= 15 is 0 Å². The lowest BCUT2D eigenvalue weighted by Gasteiger charge is -2.20. The van der Waals surface area contributed by atoms with Crippen LogP contribution < -0.4 is 15.4 Å². The number of carbonyl (C=O) groups is 1. The average molecular weight is 452 g/mol. The molecule has 0 aromatic heterocycles. The molecule has 3 aromatic carbocycles. The fourth-order valence-corrected chi connectivity index (χ4v) is 4.18. The molecule has 1 atom stereocenters. The van der Waals surface area contributed by atoms with Gasteiger partial charge in [-0.05, 0) is 42.2 Å². The molecule has 0 aliphatic heterocycles. The Labute approximate surface area is 190 Å². The van der Waals surface area contributed by atoms with Crippen molar-refractivity contribution in [2.75, 3.05) is 17.5 Å². The molecular formula is C25H29N3O3S. The van der Waals surface area contributed by atoms with Crippen LogP contribution in [-0.2, 0) is 10.0 Å². The predicted octanol–water partition coefficient (Wildman–Crippen LogP) is 4.64. The van der Waals surface area contributed by atoms with Gasteiger partial charge in [-0.2, -0.15) is 0 Å². The zero-order valence-electron chi connectivity index (χ0n) is 18.3. The molecule has 0 saturated carbocycles. The van der Waals surface area contributed by atoms with Crippen LogP contribution in [0.1, 0.15) is 42.0 Å². The molecule has 0 unspecified atom stereocenters. The summed E-state index contributed by atoms with van der Waals surface area (Å²) in [5.41, 5.74) is 3.81. The van der Waals surface area contributed by atoms with Crippen molar-refractivity contribution >= 4 is 21.7 Å². The van der Waals surface area contributed by atoms with Gasteiger partial charge in [0.25, 0.3) is 0 Å². The topological polar surface area (TPSA) is 87.3 Å². The zero-order valence-corrected chi connectivity index (χ0v) is 19.1. The van der Waals surface area contributed by atoms with Crippen LogP contribution in [0, 0.1) is 0 Å². The van der Waals surface area contributed by atoms with E-state index < -0.39 is 10.0 Å². The van der Waals surface area contributed by atoms with Crippen molar-refractivity contribution in [1.82, 2.24) is 10.6 Å². The maximum Gasteiger partial charge on any atom is 0.315 e. The Hall–Kier alpha value is -3.32. The van der Waals surface area contributed by atoms with Gasteiger partial charge in [0.05, 0.1) is 12.3 Å². The summed E-state index contributed by atoms with van der Waals surface area (Å²) < 4.78 is 25.1. The molecule has 0 aliphatic rings. The lowest BCUT2D eigenvalue weighted by Crippen LogP contribution is -2.37. The largest absolute Gasteiger partial charge is 0.338 e. The Morgan fingerprint density at radius 1 is 0.812 bits per heavy atom. The minimum Gasteiger partial charge on any atom is -0.338 e. The second-order valence-corrected chi connectivity index (χ2v) is 9.53. The molecule has 0 fully saturated rings. The Kier molecular flexibility index (Phi) is 7.89. The second kappa shape index (κ2) is 10.8. The van der Waals surface area contributed by atoms with Gasteiger partial charge in [0.1, 0.15) is 0 Å². The third kappa shape index (κ3) is 7.13. The highest BCUT2D eigenvalue weighted by atomic mass is 32.2. The van der Waals surface area contributed by atoms with E-state index in [0.717, 1.165) is 18.2 Å². The number of hydrogen-bond acceptors (Lipinski definition) is 3. The number of nitrogens with one attached hydrogen (secondary N) is 3. The fraction of sp³-hybridized carbons (Fsp3) is 0.240. The average Bonchev–Trinajstić information content (AvgIpc) is 2.77. The lowest BCUT2D eigenvalue weighted by atomic mass is 9.88. The minimum absolute atomic E-state index is 0.199. The Bertz CT molecular complexity index is 1060. The van der Waals surface area contributed by atoms with Crippen LogP contribution in [0.4, 0.5) is 10.5 Å². The highest BCUT2D eigenvalue weighted by Gasteiger charge is 2.15. The first-order valence-corrected chi connectivity index (χ1v) is 12.4. The quantitative estimate of drug-likeness (QED) is 0.443. The van der Waals surface area contributed by atoms with E-state index in [1.807, 2.05) is 43.3 Å². The lowest BCUT2D eigenvalue weighted by molar-refractivity contribution is 0.237. The summed E-state index contributed by atoms with van der Waals surface area (Å²) in [4.78, 5) is 12.4. The van der Waals surface area contributed by atoms with Crippen molar-refractivity contribution < 1.29 is 13.2 Å². The molecule has 3 rings (SSSR count). The first kappa shape index (κ1) is 23.3. The highest BCUT2D eigenvalue weighted by Crippen LogP contribution is 2.27. The number of hydrogen-bond donors (Lipinski definition) is 3. The van der Waals surface area contributed by atoms with E-state index in [9.17, 15) is 13.2 Å². The van der Waals surface area contributed by atoms with Crippen LogP contribution in [0.2, 0.25) is 0 Å². The first-order valence-electron chi connectivity index (χ1n) is 10.5. The molecule has 168 valence electrons. The molecule has 3 N–H and O–H groups in total. The molecule has 2 amide bonds. The molecule has 0 saturated heterocycles. The SMILES string of the molecule is C[C@@H](NC(=O)NCCC(c1ccccc1)c1ccccc1)c1ccc(NS(C)(=O)=O)cc1. The second-order valence-electron chi connectivity index (χ2n) is 7.78. The van der Waals surface area contributed by atoms with Crippen LogP contribution in [-0.4, -0.2) is 27.2 Å². The van der Waals surface area contributed by atoms with E-state index in [4.69, 9.17) is 0 Å². The maximum atomic E-state index is 12.4. The number of carbonyl (C=O) groups excluding carboxylic acids is 1. The highest BCUT2D eigenvalue weighted by molar-refractivity contribution is 7.92. The monoisotopic (exact) mass is 451 g/mol. The van der Waals surface area contributed by atoms with Gasteiger partial charge in [0, 0.05) is 18.2 Å². The molecule has 7 heteroatoms. The maximum absolute atomic E-state index is 12.4. The molecule has 6 nitrogen and oxygen atoms in total. The van der Waals surface area contributed by atoms with Gasteiger partial charge in [-0.3, -0.25) is 4.72 Å². The van der Waals surface area contributed by atoms with E-state index in [1.54, 1.807) is 24.3 Å². The summed E-state index contributed by atoms with van der Waals surface area (Å²) in [6.45, 7) is 2.42. The predicted molar refractivity (Wildman–Crippen MR) is 129 cm³/mol. The summed E-state index contributed by atoms with van der Waals surface area (Å²) in [6, 6.07) is 27.1. The summed E-state index contributed by atoms with van der Waals surface area (Å²) in [7, 11) is -3.32. The summed E-state index contributed by atoms with van der Waals surface area (Å²) in [5, 5.41) is 5.88.